The van der Waals surface area contributed by atoms with Gasteiger partial charge in [-0.1, -0.05) is 42.5 Å². The standard InChI is InChI=1S/C34H37N5O3/c1-21-24(11-9-13-30(21)38(6)32(40)26-10-7-8-12-28(26)36-5)25-15-14-22(19-35)31-27(25)18-29(37-31)23-16-17-39(20-23)33(41)42-34(2,3)4/h7-16,18,37H,5,17,19-20,35H2,1-4,6H3. The van der Waals surface area contributed by atoms with Gasteiger partial charge in [-0.05, 0) is 86.5 Å². The molecule has 1 aliphatic heterocycles. The molecule has 2 amide bonds. The second kappa shape index (κ2) is 11.3. The van der Waals surface area contributed by atoms with E-state index in [0.29, 0.717) is 30.9 Å². The van der Waals surface area contributed by atoms with Crippen LogP contribution in [0.15, 0.2) is 71.7 Å². The molecular weight excluding hydrogens is 526 g/mol. The number of nitrogens with one attached hydrogen (secondary N) is 1. The molecule has 2 heterocycles. The molecule has 0 aliphatic carbocycles. The minimum atomic E-state index is -0.553. The van der Waals surface area contributed by atoms with Crippen LogP contribution in [-0.2, 0) is 11.3 Å². The molecule has 1 aromatic heterocycles. The molecule has 0 fully saturated rings. The zero-order chi connectivity index (χ0) is 30.2. The van der Waals surface area contributed by atoms with Gasteiger partial charge in [-0.25, -0.2) is 4.79 Å². The Labute approximate surface area is 246 Å². The van der Waals surface area contributed by atoms with Crippen molar-refractivity contribution in [2.24, 2.45) is 10.7 Å². The summed E-state index contributed by atoms with van der Waals surface area (Å²) in [6.07, 6.45) is 1.73. The molecule has 0 unspecified atom stereocenters. The number of para-hydroxylation sites is 1. The maximum Gasteiger partial charge on any atom is 0.410 e. The molecular formula is C34H37N5O3. The number of hydrogen-bond acceptors (Lipinski definition) is 5. The van der Waals surface area contributed by atoms with Crippen LogP contribution >= 0.6 is 0 Å². The third kappa shape index (κ3) is 5.45. The lowest BCUT2D eigenvalue weighted by Crippen LogP contribution is -2.35. The average molecular weight is 564 g/mol. The Morgan fingerprint density at radius 1 is 1.10 bits per heavy atom. The lowest BCUT2D eigenvalue weighted by Gasteiger charge is -2.24. The number of nitrogens with zero attached hydrogens (tertiary/aromatic N) is 3. The summed E-state index contributed by atoms with van der Waals surface area (Å²) in [6, 6.07) is 19.4. The molecule has 8 heteroatoms. The van der Waals surface area contributed by atoms with Gasteiger partial charge in [0, 0.05) is 36.9 Å². The molecule has 3 aromatic carbocycles. The predicted molar refractivity (Wildman–Crippen MR) is 171 cm³/mol. The monoisotopic (exact) mass is 563 g/mol. The molecule has 0 spiro atoms. The highest BCUT2D eigenvalue weighted by molar-refractivity contribution is 6.10. The van der Waals surface area contributed by atoms with Crippen molar-refractivity contribution >= 4 is 46.6 Å². The number of H-pyrrole nitrogens is 1. The van der Waals surface area contributed by atoms with Crippen molar-refractivity contribution in [2.45, 2.75) is 39.8 Å². The number of carbonyl (C=O) groups excluding carboxylic acids is 2. The fourth-order valence-corrected chi connectivity index (χ4v) is 5.43. The number of benzene rings is 3. The number of hydrogen-bond donors (Lipinski definition) is 2. The number of aromatic nitrogens is 1. The fraction of sp³-hybridized carbons (Fsp3) is 0.265. The van der Waals surface area contributed by atoms with Gasteiger partial charge in [0.05, 0.1) is 23.3 Å². The number of nitrogens with two attached hydrogens (primary N) is 1. The summed E-state index contributed by atoms with van der Waals surface area (Å²) in [6.45, 7) is 12.6. The van der Waals surface area contributed by atoms with E-state index >= 15 is 0 Å². The van der Waals surface area contributed by atoms with Crippen LogP contribution in [0.2, 0.25) is 0 Å². The van der Waals surface area contributed by atoms with Crippen LogP contribution in [0.25, 0.3) is 27.6 Å². The van der Waals surface area contributed by atoms with Gasteiger partial charge in [0.1, 0.15) is 5.60 Å². The number of carbonyl (C=O) groups is 2. The Bertz CT molecular complexity index is 1730. The molecule has 8 nitrogen and oxygen atoms in total. The molecule has 0 bridgehead atoms. The lowest BCUT2D eigenvalue weighted by molar-refractivity contribution is 0.0306. The molecule has 1 aliphatic rings. The molecule has 4 aromatic rings. The molecule has 3 N–H and O–H groups in total. The van der Waals surface area contributed by atoms with Crippen molar-refractivity contribution in [2.75, 3.05) is 25.0 Å². The van der Waals surface area contributed by atoms with Crippen LogP contribution < -0.4 is 10.6 Å². The van der Waals surface area contributed by atoms with Gasteiger partial charge >= 0.3 is 6.09 Å². The van der Waals surface area contributed by atoms with E-state index in [9.17, 15) is 9.59 Å². The SMILES string of the molecule is C=Nc1ccccc1C(=O)N(C)c1cccc(-c2ccc(CN)c3[nH]c(C4=CCN(C(=O)OC(C)(C)C)C4)cc23)c1C. The van der Waals surface area contributed by atoms with Crippen molar-refractivity contribution in [3.63, 3.8) is 0 Å². The molecule has 5 rings (SSSR count). The highest BCUT2D eigenvalue weighted by Crippen LogP contribution is 2.38. The van der Waals surface area contributed by atoms with E-state index in [0.717, 1.165) is 50.1 Å². The second-order valence-corrected chi connectivity index (χ2v) is 11.5. The number of fused-ring (bicyclic) bond motifs is 1. The molecule has 0 saturated heterocycles. The summed E-state index contributed by atoms with van der Waals surface area (Å²) in [5.41, 5.74) is 14.4. The van der Waals surface area contributed by atoms with Gasteiger partial charge < -0.3 is 25.3 Å². The summed E-state index contributed by atoms with van der Waals surface area (Å²) < 4.78 is 5.57. The lowest BCUT2D eigenvalue weighted by atomic mass is 9.94. The molecule has 0 saturated carbocycles. The van der Waals surface area contributed by atoms with Crippen LogP contribution in [0.1, 0.15) is 48.0 Å². The third-order valence-electron chi connectivity index (χ3n) is 7.58. The fourth-order valence-electron chi connectivity index (χ4n) is 5.43. The zero-order valence-electron chi connectivity index (χ0n) is 24.8. The summed E-state index contributed by atoms with van der Waals surface area (Å²) in [5.74, 6) is -0.159. The predicted octanol–water partition coefficient (Wildman–Crippen LogP) is 6.84. The third-order valence-corrected chi connectivity index (χ3v) is 7.58. The van der Waals surface area contributed by atoms with Gasteiger partial charge in [0.2, 0.25) is 0 Å². The van der Waals surface area contributed by atoms with E-state index in [4.69, 9.17) is 10.5 Å². The van der Waals surface area contributed by atoms with Crippen molar-refractivity contribution in [3.8, 4) is 11.1 Å². The van der Waals surface area contributed by atoms with E-state index in [2.05, 4.69) is 41.0 Å². The first-order valence-electron chi connectivity index (χ1n) is 14.0. The van der Waals surface area contributed by atoms with E-state index < -0.39 is 5.60 Å². The van der Waals surface area contributed by atoms with Crippen LogP contribution in [0.3, 0.4) is 0 Å². The minimum absolute atomic E-state index is 0.159. The highest BCUT2D eigenvalue weighted by Gasteiger charge is 2.27. The van der Waals surface area contributed by atoms with E-state index in [1.54, 1.807) is 29.0 Å². The first kappa shape index (κ1) is 28.8. The number of ether oxygens (including phenoxy) is 1. The Balaban J connectivity index is 1.51. The largest absolute Gasteiger partial charge is 0.444 e. The van der Waals surface area contributed by atoms with Crippen LogP contribution in [0.4, 0.5) is 16.2 Å². The van der Waals surface area contributed by atoms with Crippen molar-refractivity contribution in [1.82, 2.24) is 9.88 Å². The van der Waals surface area contributed by atoms with Crippen LogP contribution in [-0.4, -0.2) is 54.3 Å². The maximum atomic E-state index is 13.5. The quantitative estimate of drug-likeness (QED) is 0.251. The molecule has 0 atom stereocenters. The Hall–Kier alpha value is -4.69. The van der Waals surface area contributed by atoms with Gasteiger partial charge in [0.15, 0.2) is 0 Å². The molecule has 216 valence electrons. The van der Waals surface area contributed by atoms with Gasteiger partial charge in [-0.3, -0.25) is 9.79 Å². The summed E-state index contributed by atoms with van der Waals surface area (Å²) in [5, 5.41) is 1.03. The summed E-state index contributed by atoms with van der Waals surface area (Å²) in [7, 11) is 1.78. The van der Waals surface area contributed by atoms with Gasteiger partial charge in [-0.15, -0.1) is 0 Å². The number of amides is 2. The molecule has 0 radical (unpaired) electrons. The summed E-state index contributed by atoms with van der Waals surface area (Å²) >= 11 is 0. The topological polar surface area (TPSA) is 104 Å². The molecule has 42 heavy (non-hydrogen) atoms. The Kier molecular flexibility index (Phi) is 7.75. The Morgan fingerprint density at radius 3 is 2.57 bits per heavy atom. The maximum absolute atomic E-state index is 13.5. The first-order valence-corrected chi connectivity index (χ1v) is 14.0. The van der Waals surface area contributed by atoms with Crippen LogP contribution in [0, 0.1) is 6.92 Å². The van der Waals surface area contributed by atoms with E-state index in [-0.39, 0.29) is 12.0 Å². The Morgan fingerprint density at radius 2 is 1.86 bits per heavy atom. The van der Waals surface area contributed by atoms with Gasteiger partial charge in [-0.2, -0.15) is 0 Å². The summed E-state index contributed by atoms with van der Waals surface area (Å²) in [4.78, 5) is 37.1. The number of aromatic amines is 1. The highest BCUT2D eigenvalue weighted by atomic mass is 16.6. The van der Waals surface area contributed by atoms with Crippen molar-refractivity contribution < 1.29 is 14.3 Å². The van der Waals surface area contributed by atoms with Gasteiger partial charge in [0.25, 0.3) is 5.91 Å². The number of anilines is 1. The van der Waals surface area contributed by atoms with Crippen molar-refractivity contribution in [3.05, 3.63) is 89.1 Å². The average Bonchev–Trinajstić information content (AvgIpc) is 3.64. The zero-order valence-corrected chi connectivity index (χ0v) is 24.8. The second-order valence-electron chi connectivity index (χ2n) is 11.5. The number of aliphatic imine (C=N–C) groups is 1. The minimum Gasteiger partial charge on any atom is -0.444 e. The first-order chi connectivity index (χ1) is 20.0. The number of rotatable bonds is 6. The normalized spacial score (nSPS) is 13.3. The van der Waals surface area contributed by atoms with E-state index in [1.165, 1.54) is 0 Å². The van der Waals surface area contributed by atoms with Crippen LogP contribution in [0.5, 0.6) is 0 Å². The van der Waals surface area contributed by atoms with Crippen molar-refractivity contribution in [1.29, 1.82) is 0 Å². The van der Waals surface area contributed by atoms with E-state index in [1.807, 2.05) is 58.0 Å². The smallest absolute Gasteiger partial charge is 0.410 e.